The first kappa shape index (κ1) is 14.9. The van der Waals surface area contributed by atoms with Gasteiger partial charge in [0.15, 0.2) is 0 Å². The zero-order valence-corrected chi connectivity index (χ0v) is 11.0. The fourth-order valence-electron chi connectivity index (χ4n) is 2.08. The van der Waals surface area contributed by atoms with Crippen LogP contribution in [0.1, 0.15) is 26.7 Å². The van der Waals surface area contributed by atoms with Crippen molar-refractivity contribution in [1.29, 1.82) is 0 Å². The van der Waals surface area contributed by atoms with Crippen molar-refractivity contribution in [1.82, 2.24) is 16.0 Å². The summed E-state index contributed by atoms with van der Waals surface area (Å²) in [4.78, 5) is 22.7. The Kier molecular flexibility index (Phi) is 6.07. The van der Waals surface area contributed by atoms with Gasteiger partial charge in [0.1, 0.15) is 6.04 Å². The van der Waals surface area contributed by atoms with Gasteiger partial charge >= 0.3 is 0 Å². The highest BCUT2D eigenvalue weighted by Gasteiger charge is 2.24. The Labute approximate surface area is 108 Å². The van der Waals surface area contributed by atoms with Crippen LogP contribution in [0.5, 0.6) is 0 Å². The van der Waals surface area contributed by atoms with Gasteiger partial charge in [-0.1, -0.05) is 26.7 Å². The Bertz CT molecular complexity index is 282. The van der Waals surface area contributed by atoms with E-state index in [1.807, 2.05) is 13.8 Å². The first-order chi connectivity index (χ1) is 8.58. The van der Waals surface area contributed by atoms with Crippen molar-refractivity contribution >= 4 is 11.8 Å². The van der Waals surface area contributed by atoms with Gasteiger partial charge in [0.05, 0.1) is 12.6 Å². The molecule has 0 aliphatic carbocycles. The number of nitrogens with one attached hydrogen (secondary N) is 3. The van der Waals surface area contributed by atoms with Gasteiger partial charge in [-0.25, -0.2) is 0 Å². The Morgan fingerprint density at radius 3 is 2.67 bits per heavy atom. The Morgan fingerprint density at radius 1 is 1.50 bits per heavy atom. The molecule has 2 unspecified atom stereocenters. The van der Waals surface area contributed by atoms with E-state index in [0.29, 0.717) is 6.54 Å². The molecular formula is C12H23N3O3. The highest BCUT2D eigenvalue weighted by molar-refractivity contribution is 5.86. The van der Waals surface area contributed by atoms with Gasteiger partial charge in [0.2, 0.25) is 11.8 Å². The minimum Gasteiger partial charge on any atom is -0.391 e. The number of rotatable bonds is 6. The minimum atomic E-state index is -0.512. The number of amides is 2. The number of hydrogen-bond acceptors (Lipinski definition) is 4. The molecule has 18 heavy (non-hydrogen) atoms. The van der Waals surface area contributed by atoms with Gasteiger partial charge in [-0.15, -0.1) is 0 Å². The largest absolute Gasteiger partial charge is 0.391 e. The molecule has 1 aliphatic heterocycles. The summed E-state index contributed by atoms with van der Waals surface area (Å²) in [6.45, 7) is 4.77. The van der Waals surface area contributed by atoms with Crippen LogP contribution >= 0.6 is 0 Å². The molecule has 0 spiro atoms. The van der Waals surface area contributed by atoms with Gasteiger partial charge in [-0.3, -0.25) is 14.9 Å². The smallest absolute Gasteiger partial charge is 0.239 e. The van der Waals surface area contributed by atoms with E-state index >= 15 is 0 Å². The highest BCUT2D eigenvalue weighted by Crippen LogP contribution is 2.12. The average molecular weight is 257 g/mol. The fraction of sp³-hybridized carbons (Fsp3) is 0.833. The van der Waals surface area contributed by atoms with Crippen molar-refractivity contribution in [2.75, 3.05) is 19.6 Å². The molecule has 0 bridgehead atoms. The summed E-state index contributed by atoms with van der Waals surface area (Å²) in [6, 6.07) is -0.406. The second-order valence-electron chi connectivity index (χ2n) is 4.63. The average Bonchev–Trinajstić information content (AvgIpc) is 2.38. The topological polar surface area (TPSA) is 90.5 Å². The SMILES string of the molecule is CCC(CC)C(O)CNC(=O)C1CNC(=O)CN1. The molecule has 2 amide bonds. The molecule has 6 heteroatoms. The van der Waals surface area contributed by atoms with E-state index in [2.05, 4.69) is 16.0 Å². The number of carbonyl (C=O) groups excluding carboxylic acids is 2. The van der Waals surface area contributed by atoms with Gasteiger partial charge in [-0.05, 0) is 5.92 Å². The summed E-state index contributed by atoms with van der Waals surface area (Å²) in [5.74, 6) is -0.0690. The number of carbonyl (C=O) groups is 2. The molecule has 0 aromatic heterocycles. The van der Waals surface area contributed by atoms with E-state index in [1.54, 1.807) is 0 Å². The minimum absolute atomic E-state index is 0.101. The molecular weight excluding hydrogens is 234 g/mol. The van der Waals surface area contributed by atoms with Crippen LogP contribution < -0.4 is 16.0 Å². The zero-order chi connectivity index (χ0) is 13.5. The molecule has 6 nitrogen and oxygen atoms in total. The van der Waals surface area contributed by atoms with Crippen LogP contribution in [0.2, 0.25) is 0 Å². The predicted octanol–water partition coefficient (Wildman–Crippen LogP) is -1.01. The lowest BCUT2D eigenvalue weighted by molar-refractivity contribution is -0.127. The summed E-state index contributed by atoms with van der Waals surface area (Å²) in [5.41, 5.74) is 0. The third-order valence-electron chi connectivity index (χ3n) is 3.41. The van der Waals surface area contributed by atoms with E-state index in [4.69, 9.17) is 0 Å². The summed E-state index contributed by atoms with van der Waals surface area (Å²) in [7, 11) is 0. The molecule has 0 saturated carbocycles. The molecule has 2 atom stereocenters. The van der Waals surface area contributed by atoms with Crippen LogP contribution in [0.3, 0.4) is 0 Å². The summed E-state index contributed by atoms with van der Waals surface area (Å²) in [5, 5.41) is 18.1. The zero-order valence-electron chi connectivity index (χ0n) is 11.0. The lowest BCUT2D eigenvalue weighted by Crippen LogP contribution is -2.58. The maximum Gasteiger partial charge on any atom is 0.239 e. The fourth-order valence-corrected chi connectivity index (χ4v) is 2.08. The lowest BCUT2D eigenvalue weighted by Gasteiger charge is -2.25. The van der Waals surface area contributed by atoms with Gasteiger partial charge in [0, 0.05) is 13.1 Å². The van der Waals surface area contributed by atoms with Crippen LogP contribution in [0.15, 0.2) is 0 Å². The van der Waals surface area contributed by atoms with Crippen molar-refractivity contribution in [3.63, 3.8) is 0 Å². The van der Waals surface area contributed by atoms with Crippen molar-refractivity contribution < 1.29 is 14.7 Å². The molecule has 104 valence electrons. The van der Waals surface area contributed by atoms with Crippen LogP contribution in [-0.4, -0.2) is 48.7 Å². The number of aliphatic hydroxyl groups excluding tert-OH is 1. The first-order valence-corrected chi connectivity index (χ1v) is 6.54. The summed E-state index contributed by atoms with van der Waals surface area (Å²) >= 11 is 0. The Morgan fingerprint density at radius 2 is 2.17 bits per heavy atom. The Balaban J connectivity index is 2.30. The van der Waals surface area contributed by atoms with E-state index in [1.165, 1.54) is 0 Å². The maximum atomic E-state index is 11.8. The molecule has 0 radical (unpaired) electrons. The third-order valence-corrected chi connectivity index (χ3v) is 3.41. The quantitative estimate of drug-likeness (QED) is 0.491. The van der Waals surface area contributed by atoms with Crippen molar-refractivity contribution in [2.45, 2.75) is 38.8 Å². The molecule has 1 saturated heterocycles. The van der Waals surface area contributed by atoms with Gasteiger partial charge in [0.25, 0.3) is 0 Å². The van der Waals surface area contributed by atoms with Gasteiger partial charge in [-0.2, -0.15) is 0 Å². The van der Waals surface area contributed by atoms with Crippen molar-refractivity contribution in [3.05, 3.63) is 0 Å². The number of hydrogen-bond donors (Lipinski definition) is 4. The molecule has 1 fully saturated rings. The van der Waals surface area contributed by atoms with Crippen LogP contribution in [0, 0.1) is 5.92 Å². The van der Waals surface area contributed by atoms with Gasteiger partial charge < -0.3 is 15.7 Å². The van der Waals surface area contributed by atoms with E-state index < -0.39 is 12.1 Å². The maximum absolute atomic E-state index is 11.8. The van der Waals surface area contributed by atoms with Crippen LogP contribution in [-0.2, 0) is 9.59 Å². The number of piperazine rings is 1. The molecule has 0 aromatic rings. The van der Waals surface area contributed by atoms with E-state index in [-0.39, 0.29) is 30.8 Å². The predicted molar refractivity (Wildman–Crippen MR) is 67.9 cm³/mol. The molecule has 1 aliphatic rings. The highest BCUT2D eigenvalue weighted by atomic mass is 16.3. The van der Waals surface area contributed by atoms with Crippen molar-refractivity contribution in [3.8, 4) is 0 Å². The van der Waals surface area contributed by atoms with Crippen LogP contribution in [0.25, 0.3) is 0 Å². The normalized spacial score (nSPS) is 21.6. The third kappa shape index (κ3) is 4.27. The monoisotopic (exact) mass is 257 g/mol. The van der Waals surface area contributed by atoms with E-state index in [0.717, 1.165) is 12.8 Å². The standard InChI is InChI=1S/C12H23N3O3/c1-3-8(4-2)10(16)6-15-12(18)9-5-14-11(17)7-13-9/h8-10,13,16H,3-7H2,1-2H3,(H,14,17)(H,15,18). The lowest BCUT2D eigenvalue weighted by atomic mass is 9.96. The second-order valence-corrected chi connectivity index (χ2v) is 4.63. The first-order valence-electron chi connectivity index (χ1n) is 6.54. The molecule has 1 rings (SSSR count). The van der Waals surface area contributed by atoms with Crippen LogP contribution in [0.4, 0.5) is 0 Å². The van der Waals surface area contributed by atoms with Crippen molar-refractivity contribution in [2.24, 2.45) is 5.92 Å². The molecule has 1 heterocycles. The second kappa shape index (κ2) is 7.33. The number of aliphatic hydroxyl groups is 1. The summed E-state index contributed by atoms with van der Waals surface area (Å²) < 4.78 is 0. The van der Waals surface area contributed by atoms with E-state index in [9.17, 15) is 14.7 Å². The molecule has 4 N–H and O–H groups in total. The molecule has 0 aromatic carbocycles. The Hall–Kier alpha value is -1.14. The summed E-state index contributed by atoms with van der Waals surface area (Å²) in [6.07, 6.45) is 1.28.